The zero-order valence-corrected chi connectivity index (χ0v) is 9.58. The van der Waals surface area contributed by atoms with Crippen molar-refractivity contribution in [3.8, 4) is 0 Å². The number of nitro benzene ring substituents is 1. The fraction of sp³-hybridized carbons (Fsp3) is 0.500. The maximum absolute atomic E-state index is 10.4. The van der Waals surface area contributed by atoms with Crippen LogP contribution in [-0.4, -0.2) is 28.4 Å². The number of hydrogen-bond acceptors (Lipinski definition) is 4. The van der Waals surface area contributed by atoms with E-state index in [-0.39, 0.29) is 24.8 Å². The highest BCUT2D eigenvalue weighted by atomic mass is 16.6. The summed E-state index contributed by atoms with van der Waals surface area (Å²) in [5.74, 6) is -0.0620. The molecule has 17 heavy (non-hydrogen) atoms. The third kappa shape index (κ3) is 4.50. The molecule has 0 aliphatic heterocycles. The van der Waals surface area contributed by atoms with E-state index in [0.717, 1.165) is 24.8 Å². The van der Waals surface area contributed by atoms with Gasteiger partial charge in [0.25, 0.3) is 5.69 Å². The Balaban J connectivity index is 2.39. The molecule has 0 fully saturated rings. The fourth-order valence-corrected chi connectivity index (χ4v) is 1.62. The van der Waals surface area contributed by atoms with Crippen LogP contribution in [-0.2, 0) is 6.42 Å². The van der Waals surface area contributed by atoms with E-state index >= 15 is 0 Å². The summed E-state index contributed by atoms with van der Waals surface area (Å²) in [4.78, 5) is 10.0. The zero-order chi connectivity index (χ0) is 12.7. The first kappa shape index (κ1) is 13.6. The predicted molar refractivity (Wildman–Crippen MR) is 63.7 cm³/mol. The van der Waals surface area contributed by atoms with Gasteiger partial charge in [-0.2, -0.15) is 0 Å². The van der Waals surface area contributed by atoms with Crippen molar-refractivity contribution in [1.29, 1.82) is 0 Å². The summed E-state index contributed by atoms with van der Waals surface area (Å²) in [5, 5.41) is 28.2. The molecule has 0 aromatic heterocycles. The number of aliphatic hydroxyl groups is 2. The van der Waals surface area contributed by atoms with Crippen LogP contribution >= 0.6 is 0 Å². The van der Waals surface area contributed by atoms with Gasteiger partial charge in [-0.25, -0.2) is 0 Å². The van der Waals surface area contributed by atoms with Crippen LogP contribution in [0.15, 0.2) is 24.3 Å². The first-order valence-corrected chi connectivity index (χ1v) is 5.62. The van der Waals surface area contributed by atoms with Gasteiger partial charge >= 0.3 is 0 Å². The molecular weight excluding hydrogens is 222 g/mol. The van der Waals surface area contributed by atoms with Crippen LogP contribution in [0.3, 0.4) is 0 Å². The van der Waals surface area contributed by atoms with Crippen molar-refractivity contribution < 1.29 is 15.1 Å². The SMILES string of the molecule is O=[N+]([O-])c1ccc(CCCC(CO)CO)cc1. The summed E-state index contributed by atoms with van der Waals surface area (Å²) in [6.45, 7) is -0.00643. The summed E-state index contributed by atoms with van der Waals surface area (Å²) in [7, 11) is 0. The average Bonchev–Trinajstić information content (AvgIpc) is 2.35. The number of non-ortho nitro benzene ring substituents is 1. The van der Waals surface area contributed by atoms with Crippen molar-refractivity contribution in [3.05, 3.63) is 39.9 Å². The van der Waals surface area contributed by atoms with Crippen molar-refractivity contribution in [3.63, 3.8) is 0 Å². The van der Waals surface area contributed by atoms with E-state index in [2.05, 4.69) is 0 Å². The number of aryl methyl sites for hydroxylation is 1. The summed E-state index contributed by atoms with van der Waals surface area (Å²) in [5.41, 5.74) is 1.13. The molecule has 0 aliphatic rings. The number of hydrogen-bond donors (Lipinski definition) is 2. The number of nitrogens with zero attached hydrogens (tertiary/aromatic N) is 1. The van der Waals surface area contributed by atoms with E-state index in [1.54, 1.807) is 12.1 Å². The molecule has 0 aliphatic carbocycles. The molecule has 0 radical (unpaired) electrons. The van der Waals surface area contributed by atoms with Gasteiger partial charge in [0.05, 0.1) is 4.92 Å². The monoisotopic (exact) mass is 239 g/mol. The highest BCUT2D eigenvalue weighted by molar-refractivity contribution is 5.32. The van der Waals surface area contributed by atoms with Gasteiger partial charge < -0.3 is 10.2 Å². The summed E-state index contributed by atoms with van der Waals surface area (Å²) < 4.78 is 0. The molecular formula is C12H17NO4. The van der Waals surface area contributed by atoms with E-state index < -0.39 is 4.92 Å². The Hall–Kier alpha value is -1.46. The minimum atomic E-state index is -0.419. The van der Waals surface area contributed by atoms with Crippen molar-refractivity contribution in [2.45, 2.75) is 19.3 Å². The number of nitro groups is 1. The second-order valence-electron chi connectivity index (χ2n) is 4.05. The van der Waals surface area contributed by atoms with Crippen LogP contribution in [0, 0.1) is 16.0 Å². The van der Waals surface area contributed by atoms with Crippen molar-refractivity contribution in [1.82, 2.24) is 0 Å². The zero-order valence-electron chi connectivity index (χ0n) is 9.58. The number of aliphatic hydroxyl groups excluding tert-OH is 2. The molecule has 0 bridgehead atoms. The Morgan fingerprint density at radius 3 is 2.24 bits per heavy atom. The second kappa shape index (κ2) is 6.98. The minimum absolute atomic E-state index is 0.00321. The normalized spacial score (nSPS) is 10.8. The number of benzene rings is 1. The molecule has 0 atom stereocenters. The lowest BCUT2D eigenvalue weighted by Crippen LogP contribution is -2.10. The van der Waals surface area contributed by atoms with Gasteiger partial charge in [-0.05, 0) is 24.8 Å². The highest BCUT2D eigenvalue weighted by Gasteiger charge is 2.06. The molecule has 5 heteroatoms. The Bertz CT molecular complexity index is 346. The van der Waals surface area contributed by atoms with Gasteiger partial charge in [0.1, 0.15) is 0 Å². The lowest BCUT2D eigenvalue weighted by Gasteiger charge is -2.09. The lowest BCUT2D eigenvalue weighted by molar-refractivity contribution is -0.384. The Kier molecular flexibility index (Phi) is 5.59. The summed E-state index contributed by atoms with van der Waals surface area (Å²) >= 11 is 0. The van der Waals surface area contributed by atoms with Gasteiger partial charge in [-0.15, -0.1) is 0 Å². The van der Waals surface area contributed by atoms with Crippen LogP contribution in [0.1, 0.15) is 18.4 Å². The minimum Gasteiger partial charge on any atom is -0.396 e. The number of rotatable bonds is 7. The van der Waals surface area contributed by atoms with E-state index in [1.807, 2.05) is 0 Å². The van der Waals surface area contributed by atoms with E-state index in [9.17, 15) is 10.1 Å². The molecule has 2 N–H and O–H groups in total. The Morgan fingerprint density at radius 1 is 1.18 bits per heavy atom. The predicted octanol–water partition coefficient (Wildman–Crippen LogP) is 1.52. The first-order valence-electron chi connectivity index (χ1n) is 5.62. The second-order valence-corrected chi connectivity index (χ2v) is 4.05. The molecule has 1 aromatic carbocycles. The van der Waals surface area contributed by atoms with E-state index in [0.29, 0.717) is 0 Å². The smallest absolute Gasteiger partial charge is 0.269 e. The third-order valence-electron chi connectivity index (χ3n) is 2.74. The van der Waals surface area contributed by atoms with Crippen LogP contribution in [0.25, 0.3) is 0 Å². The Labute approximate surface area is 99.9 Å². The summed E-state index contributed by atoms with van der Waals surface area (Å²) in [6, 6.07) is 6.46. The molecule has 1 aromatic rings. The van der Waals surface area contributed by atoms with Crippen molar-refractivity contribution in [2.24, 2.45) is 5.92 Å². The molecule has 0 saturated carbocycles. The Morgan fingerprint density at radius 2 is 1.76 bits per heavy atom. The first-order chi connectivity index (χ1) is 8.17. The molecule has 0 spiro atoms. The highest BCUT2D eigenvalue weighted by Crippen LogP contribution is 2.15. The topological polar surface area (TPSA) is 83.6 Å². The molecule has 94 valence electrons. The van der Waals surface area contributed by atoms with Crippen LogP contribution in [0.4, 0.5) is 5.69 Å². The molecule has 5 nitrogen and oxygen atoms in total. The van der Waals surface area contributed by atoms with Gasteiger partial charge in [-0.1, -0.05) is 12.1 Å². The molecule has 0 amide bonds. The standard InChI is InChI=1S/C12H17NO4/c14-8-11(9-15)3-1-2-10-4-6-12(7-5-10)13(16)17/h4-7,11,14-15H,1-3,8-9H2. The fourth-order valence-electron chi connectivity index (χ4n) is 1.62. The molecule has 0 unspecified atom stereocenters. The van der Waals surface area contributed by atoms with Crippen molar-refractivity contribution >= 4 is 5.69 Å². The van der Waals surface area contributed by atoms with Gasteiger partial charge in [0, 0.05) is 31.3 Å². The van der Waals surface area contributed by atoms with E-state index in [1.165, 1.54) is 12.1 Å². The molecule has 1 rings (SSSR count). The van der Waals surface area contributed by atoms with Gasteiger partial charge in [0.2, 0.25) is 0 Å². The van der Waals surface area contributed by atoms with Crippen molar-refractivity contribution in [2.75, 3.05) is 13.2 Å². The van der Waals surface area contributed by atoms with Gasteiger partial charge in [0.15, 0.2) is 0 Å². The maximum atomic E-state index is 10.4. The van der Waals surface area contributed by atoms with Crippen LogP contribution < -0.4 is 0 Å². The van der Waals surface area contributed by atoms with E-state index in [4.69, 9.17) is 10.2 Å². The lowest BCUT2D eigenvalue weighted by atomic mass is 10.0. The molecule has 0 heterocycles. The third-order valence-corrected chi connectivity index (χ3v) is 2.74. The van der Waals surface area contributed by atoms with Crippen LogP contribution in [0.2, 0.25) is 0 Å². The van der Waals surface area contributed by atoms with Gasteiger partial charge in [-0.3, -0.25) is 10.1 Å². The molecule has 0 saturated heterocycles. The maximum Gasteiger partial charge on any atom is 0.269 e. The summed E-state index contributed by atoms with van der Waals surface area (Å²) in [6.07, 6.45) is 2.40. The largest absolute Gasteiger partial charge is 0.396 e. The quantitative estimate of drug-likeness (QED) is 0.558. The van der Waals surface area contributed by atoms with Crippen LogP contribution in [0.5, 0.6) is 0 Å². The average molecular weight is 239 g/mol.